The molecule has 5 heteroatoms. The predicted molar refractivity (Wildman–Crippen MR) is 106 cm³/mol. The number of rotatable bonds is 7. The van der Waals surface area contributed by atoms with E-state index in [0.29, 0.717) is 13.0 Å². The van der Waals surface area contributed by atoms with E-state index < -0.39 is 11.4 Å². The highest BCUT2D eigenvalue weighted by molar-refractivity contribution is 5.87. The monoisotopic (exact) mass is 360 g/mol. The molecular formula is C22H24N4O. The molecule has 27 heavy (non-hydrogen) atoms. The zero-order valence-corrected chi connectivity index (χ0v) is 15.6. The average molecular weight is 360 g/mol. The van der Waals surface area contributed by atoms with Crippen LogP contribution in [0, 0.1) is 13.8 Å². The van der Waals surface area contributed by atoms with Crippen LogP contribution >= 0.6 is 0 Å². The van der Waals surface area contributed by atoms with Crippen LogP contribution in [0.4, 0.5) is 0 Å². The molecule has 1 unspecified atom stereocenters. The van der Waals surface area contributed by atoms with E-state index in [2.05, 4.69) is 21.4 Å². The van der Waals surface area contributed by atoms with Crippen LogP contribution in [0.15, 0.2) is 67.3 Å². The fourth-order valence-electron chi connectivity index (χ4n) is 3.41. The number of pyridine rings is 2. The Kier molecular flexibility index (Phi) is 5.62. The lowest BCUT2D eigenvalue weighted by molar-refractivity contribution is -0.125. The molecule has 3 rings (SSSR count). The van der Waals surface area contributed by atoms with E-state index in [1.54, 1.807) is 24.8 Å². The fourth-order valence-corrected chi connectivity index (χ4v) is 3.41. The van der Waals surface area contributed by atoms with Gasteiger partial charge in [0.05, 0.1) is 0 Å². The first-order valence-corrected chi connectivity index (χ1v) is 8.92. The van der Waals surface area contributed by atoms with Crippen molar-refractivity contribution in [2.45, 2.75) is 32.4 Å². The normalized spacial score (nSPS) is 13.1. The summed E-state index contributed by atoms with van der Waals surface area (Å²) in [6.45, 7) is 4.53. The summed E-state index contributed by atoms with van der Waals surface area (Å²) in [5.41, 5.74) is 10.00. The van der Waals surface area contributed by atoms with Crippen LogP contribution in [0.25, 0.3) is 0 Å². The van der Waals surface area contributed by atoms with Crippen molar-refractivity contribution in [3.63, 3.8) is 0 Å². The molecule has 0 saturated heterocycles. The molecule has 0 aliphatic carbocycles. The van der Waals surface area contributed by atoms with Gasteiger partial charge in [-0.2, -0.15) is 0 Å². The van der Waals surface area contributed by atoms with Crippen molar-refractivity contribution in [3.8, 4) is 0 Å². The lowest BCUT2D eigenvalue weighted by atomic mass is 9.80. The largest absolute Gasteiger partial charge is 0.368 e. The third-order valence-electron chi connectivity index (χ3n) is 4.80. The van der Waals surface area contributed by atoms with Crippen molar-refractivity contribution in [2.75, 3.05) is 0 Å². The predicted octanol–water partition coefficient (Wildman–Crippen LogP) is 2.81. The van der Waals surface area contributed by atoms with Gasteiger partial charge < -0.3 is 5.73 Å². The van der Waals surface area contributed by atoms with Gasteiger partial charge in [0.25, 0.3) is 0 Å². The molecule has 1 amide bonds. The highest BCUT2D eigenvalue weighted by Gasteiger charge is 2.39. The molecule has 1 aromatic carbocycles. The van der Waals surface area contributed by atoms with Gasteiger partial charge in [-0.15, -0.1) is 0 Å². The molecule has 5 nitrogen and oxygen atoms in total. The standard InChI is InChI=1S/C22H24N4O/c1-16-5-6-20(17(2)12-16)22(21(23)27,13-18-7-10-24-11-8-18)26-15-19-4-3-9-25-14-19/h3-12,14,26H,13,15H2,1-2H3,(H2,23,27). The number of aromatic nitrogens is 2. The highest BCUT2D eigenvalue weighted by Crippen LogP contribution is 2.30. The number of hydrogen-bond acceptors (Lipinski definition) is 4. The van der Waals surface area contributed by atoms with Crippen molar-refractivity contribution < 1.29 is 4.79 Å². The topological polar surface area (TPSA) is 80.9 Å². The first kappa shape index (κ1) is 18.7. The maximum absolute atomic E-state index is 12.8. The van der Waals surface area contributed by atoms with Gasteiger partial charge in [0, 0.05) is 37.8 Å². The number of benzene rings is 1. The molecule has 0 fully saturated rings. The Morgan fingerprint density at radius 2 is 1.81 bits per heavy atom. The maximum Gasteiger partial charge on any atom is 0.242 e. The number of nitrogens with zero attached hydrogens (tertiary/aromatic N) is 2. The smallest absolute Gasteiger partial charge is 0.242 e. The summed E-state index contributed by atoms with van der Waals surface area (Å²) in [6.07, 6.45) is 7.41. The lowest BCUT2D eigenvalue weighted by Crippen LogP contribution is -2.54. The van der Waals surface area contributed by atoms with Gasteiger partial charge in [-0.1, -0.05) is 29.8 Å². The molecule has 0 aliphatic rings. The van der Waals surface area contributed by atoms with Crippen LogP contribution in [0.1, 0.15) is 27.8 Å². The number of nitrogens with one attached hydrogen (secondary N) is 1. The Morgan fingerprint density at radius 1 is 1.04 bits per heavy atom. The Morgan fingerprint density at radius 3 is 2.44 bits per heavy atom. The molecule has 2 heterocycles. The molecular weight excluding hydrogens is 336 g/mol. The SMILES string of the molecule is Cc1ccc(C(Cc2ccncc2)(NCc2cccnc2)C(N)=O)c(C)c1. The molecule has 1 atom stereocenters. The van der Waals surface area contributed by atoms with Crippen molar-refractivity contribution in [1.82, 2.24) is 15.3 Å². The Labute approximate surface area is 159 Å². The summed E-state index contributed by atoms with van der Waals surface area (Å²) in [5.74, 6) is -0.407. The molecule has 0 saturated carbocycles. The molecule has 3 N–H and O–H groups in total. The number of nitrogens with two attached hydrogens (primary N) is 1. The van der Waals surface area contributed by atoms with Crippen LogP contribution < -0.4 is 11.1 Å². The number of primary amides is 1. The fraction of sp³-hybridized carbons (Fsp3) is 0.227. The average Bonchev–Trinajstić information content (AvgIpc) is 2.67. The Balaban J connectivity index is 2.05. The Hall–Kier alpha value is -3.05. The Bertz CT molecular complexity index is 912. The van der Waals surface area contributed by atoms with E-state index in [0.717, 1.165) is 27.8 Å². The van der Waals surface area contributed by atoms with Crippen LogP contribution in [0.5, 0.6) is 0 Å². The first-order valence-electron chi connectivity index (χ1n) is 8.92. The lowest BCUT2D eigenvalue weighted by Gasteiger charge is -2.34. The van der Waals surface area contributed by atoms with E-state index in [9.17, 15) is 4.79 Å². The summed E-state index contributed by atoms with van der Waals surface area (Å²) in [5, 5.41) is 3.44. The summed E-state index contributed by atoms with van der Waals surface area (Å²) < 4.78 is 0. The second-order valence-corrected chi connectivity index (χ2v) is 6.84. The van der Waals surface area contributed by atoms with Crippen LogP contribution in [0.3, 0.4) is 0 Å². The first-order chi connectivity index (χ1) is 13.0. The van der Waals surface area contributed by atoms with Gasteiger partial charge in [0.2, 0.25) is 5.91 Å². The third-order valence-corrected chi connectivity index (χ3v) is 4.80. The maximum atomic E-state index is 12.8. The quantitative estimate of drug-likeness (QED) is 0.679. The molecule has 0 radical (unpaired) electrons. The summed E-state index contributed by atoms with van der Waals surface area (Å²) in [6, 6.07) is 13.7. The van der Waals surface area contributed by atoms with Crippen molar-refractivity contribution in [3.05, 3.63) is 95.1 Å². The van der Waals surface area contributed by atoms with E-state index in [-0.39, 0.29) is 0 Å². The summed E-state index contributed by atoms with van der Waals surface area (Å²) in [7, 11) is 0. The molecule has 0 aliphatic heterocycles. The minimum absolute atomic E-state index is 0.407. The number of amides is 1. The highest BCUT2D eigenvalue weighted by atomic mass is 16.1. The molecule has 2 aromatic heterocycles. The number of aryl methyl sites for hydroxylation is 2. The number of carbonyl (C=O) groups is 1. The van der Waals surface area contributed by atoms with Gasteiger partial charge in [-0.05, 0) is 54.3 Å². The van der Waals surface area contributed by atoms with Gasteiger partial charge in [-0.25, -0.2) is 0 Å². The van der Waals surface area contributed by atoms with E-state index >= 15 is 0 Å². The molecule has 138 valence electrons. The van der Waals surface area contributed by atoms with Crippen LogP contribution in [-0.2, 0) is 23.3 Å². The van der Waals surface area contributed by atoms with Crippen LogP contribution in [0.2, 0.25) is 0 Å². The molecule has 0 spiro atoms. The third kappa shape index (κ3) is 4.20. The van der Waals surface area contributed by atoms with E-state index in [1.165, 1.54) is 0 Å². The summed E-state index contributed by atoms with van der Waals surface area (Å²) >= 11 is 0. The van der Waals surface area contributed by atoms with Crippen molar-refractivity contribution in [2.24, 2.45) is 5.73 Å². The van der Waals surface area contributed by atoms with Crippen molar-refractivity contribution in [1.29, 1.82) is 0 Å². The van der Waals surface area contributed by atoms with E-state index in [1.807, 2.05) is 50.2 Å². The zero-order valence-electron chi connectivity index (χ0n) is 15.6. The summed E-state index contributed by atoms with van der Waals surface area (Å²) in [4.78, 5) is 21.0. The molecule has 0 bridgehead atoms. The van der Waals surface area contributed by atoms with Crippen LogP contribution in [-0.4, -0.2) is 15.9 Å². The minimum Gasteiger partial charge on any atom is -0.368 e. The van der Waals surface area contributed by atoms with Crippen molar-refractivity contribution >= 4 is 5.91 Å². The van der Waals surface area contributed by atoms with Gasteiger partial charge in [0.1, 0.15) is 5.54 Å². The molecule has 3 aromatic rings. The minimum atomic E-state index is -1.03. The number of carbonyl (C=O) groups excluding carboxylic acids is 1. The number of hydrogen-bond donors (Lipinski definition) is 2. The second kappa shape index (κ2) is 8.10. The second-order valence-electron chi connectivity index (χ2n) is 6.84. The zero-order chi connectivity index (χ0) is 19.3. The van der Waals surface area contributed by atoms with E-state index in [4.69, 9.17) is 5.73 Å². The van der Waals surface area contributed by atoms with Gasteiger partial charge >= 0.3 is 0 Å². The van der Waals surface area contributed by atoms with Gasteiger partial charge in [-0.3, -0.25) is 20.1 Å². The van der Waals surface area contributed by atoms with Gasteiger partial charge in [0.15, 0.2) is 0 Å².